The van der Waals surface area contributed by atoms with E-state index < -0.39 is 20.9 Å². The maximum absolute atomic E-state index is 14.1. The molecule has 1 atom stereocenters. The minimum atomic E-state index is -3.53. The number of carbonyl (C=O) groups excluding carboxylic acids is 1. The van der Waals surface area contributed by atoms with E-state index in [4.69, 9.17) is 4.74 Å². The molecule has 7 heteroatoms. The quantitative estimate of drug-likeness (QED) is 0.804. The van der Waals surface area contributed by atoms with Crippen molar-refractivity contribution in [1.82, 2.24) is 4.90 Å². The second kappa shape index (κ2) is 8.08. The first kappa shape index (κ1) is 19.4. The van der Waals surface area contributed by atoms with Gasteiger partial charge in [0.15, 0.2) is 9.84 Å². The van der Waals surface area contributed by atoms with Crippen LogP contribution in [0.15, 0.2) is 48.5 Å². The lowest BCUT2D eigenvalue weighted by atomic mass is 10.1. The van der Waals surface area contributed by atoms with Crippen molar-refractivity contribution in [3.8, 4) is 5.75 Å². The number of methoxy groups -OCH3 is 1. The number of rotatable bonds is 4. The Balaban J connectivity index is 1.72. The predicted molar refractivity (Wildman–Crippen MR) is 101 cm³/mol. The van der Waals surface area contributed by atoms with Crippen molar-refractivity contribution in [1.29, 1.82) is 0 Å². The largest absolute Gasteiger partial charge is 0.497 e. The molecule has 0 spiro atoms. The van der Waals surface area contributed by atoms with Crippen LogP contribution in [0.3, 0.4) is 0 Å². The normalized spacial score (nSPS) is 19.3. The number of amides is 1. The van der Waals surface area contributed by atoms with Gasteiger partial charge in [0.1, 0.15) is 11.6 Å². The molecule has 2 aromatic rings. The highest BCUT2D eigenvalue weighted by molar-refractivity contribution is 7.91. The topological polar surface area (TPSA) is 63.7 Å². The van der Waals surface area contributed by atoms with Gasteiger partial charge in [0.25, 0.3) is 0 Å². The van der Waals surface area contributed by atoms with E-state index in [0.29, 0.717) is 5.75 Å². The summed E-state index contributed by atoms with van der Waals surface area (Å²) in [5.74, 6) is -0.117. The monoisotopic (exact) mass is 391 g/mol. The SMILES string of the molecule is COc1ccc(CC(=O)N2CCC(c3ccccc3F)S(=O)(=O)CC2)cc1. The molecule has 0 aliphatic carbocycles. The molecular formula is C20H22FNO4S. The number of hydrogen-bond acceptors (Lipinski definition) is 4. The summed E-state index contributed by atoms with van der Waals surface area (Å²) in [6.07, 6.45) is 0.381. The first-order chi connectivity index (χ1) is 12.9. The molecule has 1 aliphatic heterocycles. The molecule has 0 N–H and O–H groups in total. The first-order valence-electron chi connectivity index (χ1n) is 8.77. The van der Waals surface area contributed by atoms with Crippen molar-refractivity contribution in [2.75, 3.05) is 26.0 Å². The zero-order chi connectivity index (χ0) is 19.4. The van der Waals surface area contributed by atoms with Gasteiger partial charge < -0.3 is 9.64 Å². The van der Waals surface area contributed by atoms with Gasteiger partial charge in [-0.2, -0.15) is 0 Å². The van der Waals surface area contributed by atoms with Crippen LogP contribution < -0.4 is 4.74 Å². The van der Waals surface area contributed by atoms with Gasteiger partial charge in [-0.05, 0) is 30.2 Å². The molecule has 1 fully saturated rings. The van der Waals surface area contributed by atoms with Gasteiger partial charge in [-0.25, -0.2) is 12.8 Å². The lowest BCUT2D eigenvalue weighted by Crippen LogP contribution is -2.34. The summed E-state index contributed by atoms with van der Waals surface area (Å²) in [7, 11) is -1.96. The molecule has 1 aliphatic rings. The molecule has 1 saturated heterocycles. The van der Waals surface area contributed by atoms with Crippen LogP contribution in [0, 0.1) is 5.82 Å². The molecule has 3 rings (SSSR count). The third kappa shape index (κ3) is 4.47. The van der Waals surface area contributed by atoms with E-state index in [0.717, 1.165) is 5.56 Å². The van der Waals surface area contributed by atoms with Crippen molar-refractivity contribution < 1.29 is 22.3 Å². The molecule has 2 aromatic carbocycles. The average Bonchev–Trinajstić information content (AvgIpc) is 2.81. The third-order valence-electron chi connectivity index (χ3n) is 4.86. The Bertz CT molecular complexity index is 912. The van der Waals surface area contributed by atoms with Gasteiger partial charge in [0.2, 0.25) is 5.91 Å². The van der Waals surface area contributed by atoms with E-state index in [1.807, 2.05) is 12.1 Å². The zero-order valence-corrected chi connectivity index (χ0v) is 15.9. The van der Waals surface area contributed by atoms with Crippen LogP contribution in [-0.4, -0.2) is 45.2 Å². The van der Waals surface area contributed by atoms with Gasteiger partial charge in [0, 0.05) is 18.7 Å². The van der Waals surface area contributed by atoms with E-state index in [2.05, 4.69) is 0 Å². The highest BCUT2D eigenvalue weighted by Crippen LogP contribution is 2.31. The Labute approximate surface area is 158 Å². The van der Waals surface area contributed by atoms with Gasteiger partial charge in [-0.3, -0.25) is 4.79 Å². The van der Waals surface area contributed by atoms with E-state index >= 15 is 0 Å². The number of hydrogen-bond donors (Lipinski definition) is 0. The van der Waals surface area contributed by atoms with Crippen LogP contribution in [0.2, 0.25) is 0 Å². The van der Waals surface area contributed by atoms with Crippen LogP contribution >= 0.6 is 0 Å². The van der Waals surface area contributed by atoms with Gasteiger partial charge in [0.05, 0.1) is 24.5 Å². The van der Waals surface area contributed by atoms with Crippen LogP contribution in [0.25, 0.3) is 0 Å². The maximum atomic E-state index is 14.1. The predicted octanol–water partition coefficient (Wildman–Crippen LogP) is 2.77. The maximum Gasteiger partial charge on any atom is 0.227 e. The summed E-state index contributed by atoms with van der Waals surface area (Å²) in [4.78, 5) is 14.2. The molecule has 1 heterocycles. The zero-order valence-electron chi connectivity index (χ0n) is 15.1. The van der Waals surface area contributed by atoms with E-state index in [1.165, 1.54) is 18.2 Å². The molecular weight excluding hydrogens is 369 g/mol. The Kier molecular flexibility index (Phi) is 5.79. The van der Waals surface area contributed by atoms with Crippen LogP contribution in [-0.2, 0) is 21.1 Å². The highest BCUT2D eigenvalue weighted by atomic mass is 32.2. The number of carbonyl (C=O) groups is 1. The number of ether oxygens (including phenoxy) is 1. The lowest BCUT2D eigenvalue weighted by Gasteiger charge is -2.20. The number of sulfone groups is 1. The van der Waals surface area contributed by atoms with Crippen molar-refractivity contribution in [3.05, 3.63) is 65.5 Å². The fraction of sp³-hybridized carbons (Fsp3) is 0.350. The fourth-order valence-corrected chi connectivity index (χ4v) is 5.11. The lowest BCUT2D eigenvalue weighted by molar-refractivity contribution is -0.130. The van der Waals surface area contributed by atoms with Crippen molar-refractivity contribution in [2.24, 2.45) is 0 Å². The summed E-state index contributed by atoms with van der Waals surface area (Å²) >= 11 is 0. The second-order valence-corrected chi connectivity index (χ2v) is 8.87. The Morgan fingerprint density at radius 2 is 1.85 bits per heavy atom. The average molecular weight is 391 g/mol. The minimum Gasteiger partial charge on any atom is -0.497 e. The van der Waals surface area contributed by atoms with E-state index in [1.54, 1.807) is 30.2 Å². The third-order valence-corrected chi connectivity index (χ3v) is 6.97. The fourth-order valence-electron chi connectivity index (χ4n) is 3.31. The molecule has 0 radical (unpaired) electrons. The molecule has 0 saturated carbocycles. The smallest absolute Gasteiger partial charge is 0.227 e. The van der Waals surface area contributed by atoms with Gasteiger partial charge >= 0.3 is 0 Å². The number of halogens is 1. The standard InChI is InChI=1S/C20H22FNO4S/c1-26-16-8-6-15(7-9-16)14-20(23)22-11-10-19(27(24,25)13-12-22)17-4-2-3-5-18(17)21/h2-9,19H,10-14H2,1H3. The molecule has 144 valence electrons. The molecule has 1 amide bonds. The first-order valence-corrected chi connectivity index (χ1v) is 10.5. The Morgan fingerprint density at radius 1 is 1.15 bits per heavy atom. The highest BCUT2D eigenvalue weighted by Gasteiger charge is 2.34. The van der Waals surface area contributed by atoms with Crippen LogP contribution in [0.5, 0.6) is 5.75 Å². The molecule has 0 aromatic heterocycles. The minimum absolute atomic E-state index is 0.127. The van der Waals surface area contributed by atoms with Crippen molar-refractivity contribution >= 4 is 15.7 Å². The van der Waals surface area contributed by atoms with Crippen molar-refractivity contribution in [2.45, 2.75) is 18.1 Å². The summed E-state index contributed by atoms with van der Waals surface area (Å²) in [5, 5.41) is -0.919. The second-order valence-electron chi connectivity index (χ2n) is 6.57. The Morgan fingerprint density at radius 3 is 2.52 bits per heavy atom. The summed E-state index contributed by atoms with van der Waals surface area (Å²) in [6.45, 7) is 0.412. The van der Waals surface area contributed by atoms with Crippen molar-refractivity contribution in [3.63, 3.8) is 0 Å². The summed E-state index contributed by atoms with van der Waals surface area (Å²) in [5.41, 5.74) is 1.01. The molecule has 1 unspecified atom stereocenters. The van der Waals surface area contributed by atoms with E-state index in [9.17, 15) is 17.6 Å². The van der Waals surface area contributed by atoms with Crippen LogP contribution in [0.4, 0.5) is 4.39 Å². The molecule has 27 heavy (non-hydrogen) atoms. The van der Waals surface area contributed by atoms with Gasteiger partial charge in [-0.15, -0.1) is 0 Å². The molecule has 5 nitrogen and oxygen atoms in total. The summed E-state index contributed by atoms with van der Waals surface area (Å²) < 4.78 is 44.5. The number of nitrogens with zero attached hydrogens (tertiary/aromatic N) is 1. The summed E-state index contributed by atoms with van der Waals surface area (Å²) in [6, 6.07) is 13.1. The van der Waals surface area contributed by atoms with Crippen LogP contribution in [0.1, 0.15) is 22.8 Å². The number of benzene rings is 2. The van der Waals surface area contributed by atoms with E-state index in [-0.39, 0.29) is 43.2 Å². The Hall–Kier alpha value is -2.41. The van der Waals surface area contributed by atoms with Gasteiger partial charge in [-0.1, -0.05) is 30.3 Å². The molecule has 0 bridgehead atoms.